The molecular weight excluding hydrogens is 412 g/mol. The zero-order valence-corrected chi connectivity index (χ0v) is 19.2. The van der Waals surface area contributed by atoms with Crippen LogP contribution >= 0.6 is 0 Å². The Labute approximate surface area is 186 Å². The normalized spacial score (nSPS) is 11.4. The Morgan fingerprint density at radius 2 is 1.75 bits per heavy atom. The number of carbonyl (C=O) groups excluding carboxylic acids is 1. The van der Waals surface area contributed by atoms with Crippen LogP contribution in [-0.4, -0.2) is 41.9 Å². The van der Waals surface area contributed by atoms with Crippen LogP contribution in [0.4, 0.5) is 0 Å². The smallest absolute Gasteiger partial charge is 0.332 e. The van der Waals surface area contributed by atoms with Gasteiger partial charge in [-0.2, -0.15) is 0 Å². The van der Waals surface area contributed by atoms with E-state index in [0.29, 0.717) is 22.4 Å². The highest BCUT2D eigenvalue weighted by atomic mass is 16.6. The molecule has 8 heteroatoms. The summed E-state index contributed by atoms with van der Waals surface area (Å²) < 4.78 is 23.6. The number of hydrogen-bond acceptors (Lipinski definition) is 7. The predicted molar refractivity (Wildman–Crippen MR) is 121 cm³/mol. The lowest BCUT2D eigenvalue weighted by atomic mass is 9.99. The van der Waals surface area contributed by atoms with Crippen molar-refractivity contribution in [2.45, 2.75) is 33.0 Å². The van der Waals surface area contributed by atoms with E-state index in [1.807, 2.05) is 18.2 Å². The van der Waals surface area contributed by atoms with Gasteiger partial charge in [-0.05, 0) is 49.9 Å². The Bertz CT molecular complexity index is 1170. The summed E-state index contributed by atoms with van der Waals surface area (Å²) in [4.78, 5) is 28.5. The SMILES string of the molecule is COc1cc(-c2cn(C)c(=O)c3cnccc23)cc(OC)c1COCC(=O)OC(C)(C)C. The van der Waals surface area contributed by atoms with Gasteiger partial charge in [-0.1, -0.05) is 0 Å². The summed E-state index contributed by atoms with van der Waals surface area (Å²) in [6, 6.07) is 5.52. The van der Waals surface area contributed by atoms with Gasteiger partial charge in [-0.25, -0.2) is 4.79 Å². The van der Waals surface area contributed by atoms with E-state index in [1.54, 1.807) is 60.6 Å². The van der Waals surface area contributed by atoms with E-state index in [0.717, 1.165) is 16.5 Å². The first-order chi connectivity index (χ1) is 15.1. The second kappa shape index (κ2) is 9.40. The molecule has 0 saturated carbocycles. The molecular formula is C24H28N2O6. The Hall–Kier alpha value is -3.39. The monoisotopic (exact) mass is 440 g/mol. The van der Waals surface area contributed by atoms with Crippen LogP contribution in [0.2, 0.25) is 0 Å². The molecule has 0 bridgehead atoms. The molecule has 0 amide bonds. The molecule has 1 aromatic carbocycles. The second-order valence-corrected chi connectivity index (χ2v) is 8.32. The summed E-state index contributed by atoms with van der Waals surface area (Å²) >= 11 is 0. The molecule has 0 N–H and O–H groups in total. The first-order valence-electron chi connectivity index (χ1n) is 10.1. The zero-order valence-electron chi connectivity index (χ0n) is 19.2. The number of hydrogen-bond donors (Lipinski definition) is 0. The van der Waals surface area contributed by atoms with Crippen LogP contribution in [0.1, 0.15) is 26.3 Å². The maximum atomic E-state index is 12.5. The van der Waals surface area contributed by atoms with Gasteiger partial charge >= 0.3 is 5.97 Å². The molecule has 0 aliphatic rings. The molecule has 0 aliphatic carbocycles. The highest BCUT2D eigenvalue weighted by Gasteiger charge is 2.19. The molecule has 2 aromatic heterocycles. The molecule has 0 unspecified atom stereocenters. The highest BCUT2D eigenvalue weighted by Crippen LogP contribution is 2.37. The first kappa shape index (κ1) is 23.3. The molecule has 8 nitrogen and oxygen atoms in total. The number of benzene rings is 1. The number of aryl methyl sites for hydroxylation is 1. The average Bonchev–Trinajstić information content (AvgIpc) is 2.75. The molecule has 3 aromatic rings. The van der Waals surface area contributed by atoms with Gasteiger partial charge in [0.2, 0.25) is 0 Å². The minimum absolute atomic E-state index is 0.101. The van der Waals surface area contributed by atoms with Crippen LogP contribution in [-0.2, 0) is 27.9 Å². The molecule has 2 heterocycles. The van der Waals surface area contributed by atoms with Crippen LogP contribution < -0.4 is 15.0 Å². The fraction of sp³-hybridized carbons (Fsp3) is 0.375. The maximum Gasteiger partial charge on any atom is 0.332 e. The first-order valence-corrected chi connectivity index (χ1v) is 10.1. The van der Waals surface area contributed by atoms with Gasteiger partial charge in [0, 0.05) is 31.2 Å². The van der Waals surface area contributed by atoms with Crippen LogP contribution in [0.5, 0.6) is 11.5 Å². The Kier molecular flexibility index (Phi) is 6.84. The Balaban J connectivity index is 1.97. The molecule has 0 spiro atoms. The quantitative estimate of drug-likeness (QED) is 0.520. The summed E-state index contributed by atoms with van der Waals surface area (Å²) in [6.07, 6.45) is 4.99. The Morgan fingerprint density at radius 3 is 2.34 bits per heavy atom. The Morgan fingerprint density at radius 1 is 1.09 bits per heavy atom. The van der Waals surface area contributed by atoms with E-state index in [9.17, 15) is 9.59 Å². The highest BCUT2D eigenvalue weighted by molar-refractivity contribution is 5.95. The number of esters is 1. The van der Waals surface area contributed by atoms with Crippen molar-refractivity contribution in [2.24, 2.45) is 7.05 Å². The fourth-order valence-electron chi connectivity index (χ4n) is 3.43. The summed E-state index contributed by atoms with van der Waals surface area (Å²) in [5, 5.41) is 1.30. The summed E-state index contributed by atoms with van der Waals surface area (Å²) in [5.74, 6) is 0.636. The van der Waals surface area contributed by atoms with Crippen molar-refractivity contribution >= 4 is 16.7 Å². The van der Waals surface area contributed by atoms with Crippen LogP contribution in [0, 0.1) is 0 Å². The third-order valence-corrected chi connectivity index (χ3v) is 4.79. The van der Waals surface area contributed by atoms with Crippen LogP contribution in [0.3, 0.4) is 0 Å². The van der Waals surface area contributed by atoms with E-state index in [2.05, 4.69) is 4.98 Å². The molecule has 0 atom stereocenters. The van der Waals surface area contributed by atoms with Gasteiger partial charge in [-0.15, -0.1) is 0 Å². The van der Waals surface area contributed by atoms with Crippen molar-refractivity contribution in [1.82, 2.24) is 9.55 Å². The van der Waals surface area contributed by atoms with Crippen molar-refractivity contribution < 1.29 is 23.7 Å². The molecule has 0 radical (unpaired) electrons. The van der Waals surface area contributed by atoms with Gasteiger partial charge in [0.05, 0.1) is 31.8 Å². The van der Waals surface area contributed by atoms with Gasteiger partial charge in [0.1, 0.15) is 23.7 Å². The van der Waals surface area contributed by atoms with E-state index in [1.165, 1.54) is 4.57 Å². The molecule has 3 rings (SSSR count). The van der Waals surface area contributed by atoms with Crippen molar-refractivity contribution in [2.75, 3.05) is 20.8 Å². The molecule has 0 aliphatic heterocycles. The van der Waals surface area contributed by atoms with Crippen LogP contribution in [0.15, 0.2) is 41.6 Å². The molecule has 32 heavy (non-hydrogen) atoms. The molecule has 170 valence electrons. The summed E-state index contributed by atoms with van der Waals surface area (Å²) in [5.41, 5.74) is 1.61. The van der Waals surface area contributed by atoms with E-state index in [4.69, 9.17) is 18.9 Å². The van der Waals surface area contributed by atoms with Crippen molar-refractivity contribution in [3.8, 4) is 22.6 Å². The number of fused-ring (bicyclic) bond motifs is 1. The lowest BCUT2D eigenvalue weighted by Crippen LogP contribution is -2.26. The number of rotatable bonds is 7. The minimum atomic E-state index is -0.578. The number of nitrogens with zero attached hydrogens (tertiary/aromatic N) is 2. The molecule has 0 saturated heterocycles. The minimum Gasteiger partial charge on any atom is -0.496 e. The van der Waals surface area contributed by atoms with Crippen molar-refractivity contribution in [3.63, 3.8) is 0 Å². The number of aromatic nitrogens is 2. The van der Waals surface area contributed by atoms with E-state index >= 15 is 0 Å². The fourth-order valence-corrected chi connectivity index (χ4v) is 3.43. The van der Waals surface area contributed by atoms with E-state index in [-0.39, 0.29) is 18.8 Å². The standard InChI is InChI=1S/C24H28N2O6/c1-24(2,3)32-22(27)14-31-13-19-20(29-5)9-15(10-21(19)30-6)18-12-26(4)23(28)17-11-25-8-7-16(17)18/h7-12H,13-14H2,1-6H3. The zero-order chi connectivity index (χ0) is 23.5. The summed E-state index contributed by atoms with van der Waals surface area (Å²) in [6.45, 7) is 5.31. The third kappa shape index (κ3) is 5.08. The topological polar surface area (TPSA) is 88.9 Å². The second-order valence-electron chi connectivity index (χ2n) is 8.32. The van der Waals surface area contributed by atoms with Gasteiger partial charge in [0.25, 0.3) is 5.56 Å². The van der Waals surface area contributed by atoms with Crippen molar-refractivity contribution in [3.05, 3.63) is 52.7 Å². The third-order valence-electron chi connectivity index (χ3n) is 4.79. The largest absolute Gasteiger partial charge is 0.496 e. The van der Waals surface area contributed by atoms with Gasteiger partial charge < -0.3 is 23.5 Å². The van der Waals surface area contributed by atoms with Gasteiger partial charge in [0.15, 0.2) is 0 Å². The van der Waals surface area contributed by atoms with Gasteiger partial charge in [-0.3, -0.25) is 9.78 Å². The van der Waals surface area contributed by atoms with Crippen LogP contribution in [0.25, 0.3) is 21.9 Å². The lowest BCUT2D eigenvalue weighted by Gasteiger charge is -2.20. The number of carbonyl (C=O) groups is 1. The number of ether oxygens (including phenoxy) is 4. The lowest BCUT2D eigenvalue weighted by molar-refractivity contribution is -0.160. The predicted octanol–water partition coefficient (Wildman–Crippen LogP) is 3.48. The maximum absolute atomic E-state index is 12.5. The van der Waals surface area contributed by atoms with Crippen molar-refractivity contribution in [1.29, 1.82) is 0 Å². The molecule has 0 fully saturated rings. The van der Waals surface area contributed by atoms with E-state index < -0.39 is 11.6 Å². The number of pyridine rings is 2. The summed E-state index contributed by atoms with van der Waals surface area (Å²) in [7, 11) is 4.81. The number of methoxy groups -OCH3 is 2. The average molecular weight is 440 g/mol.